The molecule has 23 heavy (non-hydrogen) atoms. The van der Waals surface area contributed by atoms with E-state index in [9.17, 15) is 0 Å². The van der Waals surface area contributed by atoms with Gasteiger partial charge in [-0.15, -0.1) is 0 Å². The average Bonchev–Trinajstić information content (AvgIpc) is 3.04. The molecule has 6 heteroatoms. The summed E-state index contributed by atoms with van der Waals surface area (Å²) in [6, 6.07) is 16.6. The number of nitrogens with one attached hydrogen (secondary N) is 1. The van der Waals surface area contributed by atoms with Crippen molar-refractivity contribution in [3.63, 3.8) is 0 Å². The molecule has 0 unspecified atom stereocenters. The van der Waals surface area contributed by atoms with Gasteiger partial charge in [0.05, 0.1) is 0 Å². The van der Waals surface area contributed by atoms with Crippen molar-refractivity contribution in [2.45, 2.75) is 13.0 Å². The van der Waals surface area contributed by atoms with E-state index in [0.717, 1.165) is 21.3 Å². The summed E-state index contributed by atoms with van der Waals surface area (Å²) in [7, 11) is 0. The Labute approximate surface area is 142 Å². The minimum atomic E-state index is -0.0273. The zero-order valence-corrected chi connectivity index (χ0v) is 14.0. The maximum Gasteiger partial charge on any atom is 0.248 e. The first-order chi connectivity index (χ1) is 11.2. The second-order valence-electron chi connectivity index (χ2n) is 5.51. The number of hydrogen-bond donors (Lipinski definition) is 1. The van der Waals surface area contributed by atoms with Gasteiger partial charge in [-0.05, 0) is 46.7 Å². The molecule has 114 valence electrons. The molecule has 3 aromatic rings. The lowest BCUT2D eigenvalue weighted by atomic mass is 10.0. The number of halogens is 1. The SMILES string of the molecule is Cc1ccc([C@H]2C=C(c3ccc(Br)cc3)Nc3nnnn32)cc1. The summed E-state index contributed by atoms with van der Waals surface area (Å²) in [6.45, 7) is 2.08. The van der Waals surface area contributed by atoms with Gasteiger partial charge >= 0.3 is 0 Å². The zero-order chi connectivity index (χ0) is 15.8. The van der Waals surface area contributed by atoms with Gasteiger partial charge in [0, 0.05) is 10.2 Å². The third kappa shape index (κ3) is 2.66. The number of nitrogens with zero attached hydrogens (tertiary/aromatic N) is 4. The second kappa shape index (κ2) is 5.62. The molecule has 0 saturated carbocycles. The molecule has 0 amide bonds. The first kappa shape index (κ1) is 14.1. The molecule has 0 spiro atoms. The van der Waals surface area contributed by atoms with E-state index in [-0.39, 0.29) is 6.04 Å². The van der Waals surface area contributed by atoms with E-state index >= 15 is 0 Å². The van der Waals surface area contributed by atoms with Crippen LogP contribution in [-0.4, -0.2) is 20.2 Å². The van der Waals surface area contributed by atoms with Crippen LogP contribution in [-0.2, 0) is 0 Å². The van der Waals surface area contributed by atoms with Crippen LogP contribution in [0.15, 0.2) is 59.1 Å². The Balaban J connectivity index is 1.79. The lowest BCUT2D eigenvalue weighted by molar-refractivity contribution is 0.586. The van der Waals surface area contributed by atoms with Crippen LogP contribution < -0.4 is 5.32 Å². The number of aryl methyl sites for hydroxylation is 1. The topological polar surface area (TPSA) is 55.6 Å². The standard InChI is InChI=1S/C17H14BrN5/c1-11-2-4-13(5-3-11)16-10-15(12-6-8-14(18)9-7-12)19-17-20-21-22-23(16)17/h2-10,16H,1H3,(H,19,20,22)/t16-/m1/s1. The Morgan fingerprint density at radius 1 is 1.04 bits per heavy atom. The predicted octanol–water partition coefficient (Wildman–Crippen LogP) is 3.80. The molecule has 4 rings (SSSR count). The van der Waals surface area contributed by atoms with Gasteiger partial charge < -0.3 is 5.32 Å². The summed E-state index contributed by atoms with van der Waals surface area (Å²) in [5.41, 5.74) is 4.49. The molecule has 1 aliphatic heterocycles. The molecule has 0 fully saturated rings. The van der Waals surface area contributed by atoms with E-state index < -0.39 is 0 Å². The van der Waals surface area contributed by atoms with Crippen molar-refractivity contribution in [3.8, 4) is 0 Å². The third-order valence-electron chi connectivity index (χ3n) is 3.90. The third-order valence-corrected chi connectivity index (χ3v) is 4.43. The highest BCUT2D eigenvalue weighted by Gasteiger charge is 2.24. The van der Waals surface area contributed by atoms with Crippen LogP contribution in [0.1, 0.15) is 22.7 Å². The van der Waals surface area contributed by atoms with E-state index in [4.69, 9.17) is 0 Å². The Morgan fingerprint density at radius 2 is 1.78 bits per heavy atom. The molecule has 0 bridgehead atoms. The highest BCUT2D eigenvalue weighted by molar-refractivity contribution is 9.10. The fraction of sp³-hybridized carbons (Fsp3) is 0.118. The highest BCUT2D eigenvalue weighted by Crippen LogP contribution is 2.31. The molecule has 0 saturated heterocycles. The zero-order valence-electron chi connectivity index (χ0n) is 12.4. The van der Waals surface area contributed by atoms with Crippen LogP contribution in [0.4, 0.5) is 5.95 Å². The largest absolute Gasteiger partial charge is 0.323 e. The minimum absolute atomic E-state index is 0.0273. The molecule has 0 radical (unpaired) electrons. The number of rotatable bonds is 2. The summed E-state index contributed by atoms with van der Waals surface area (Å²) in [6.07, 6.45) is 2.15. The average molecular weight is 368 g/mol. The van der Waals surface area contributed by atoms with Crippen LogP contribution in [0.2, 0.25) is 0 Å². The molecule has 2 heterocycles. The van der Waals surface area contributed by atoms with Crippen molar-refractivity contribution in [2.24, 2.45) is 0 Å². The fourth-order valence-electron chi connectivity index (χ4n) is 2.65. The first-order valence-electron chi connectivity index (χ1n) is 7.30. The van der Waals surface area contributed by atoms with E-state index in [1.807, 2.05) is 12.1 Å². The van der Waals surface area contributed by atoms with Crippen molar-refractivity contribution in [3.05, 3.63) is 75.8 Å². The van der Waals surface area contributed by atoms with Gasteiger partial charge in [-0.1, -0.05) is 63.0 Å². The molecular formula is C17H14BrN5. The second-order valence-corrected chi connectivity index (χ2v) is 6.43. The van der Waals surface area contributed by atoms with Crippen molar-refractivity contribution in [1.29, 1.82) is 0 Å². The van der Waals surface area contributed by atoms with E-state index in [1.165, 1.54) is 5.56 Å². The van der Waals surface area contributed by atoms with E-state index in [0.29, 0.717) is 5.95 Å². The van der Waals surface area contributed by atoms with Gasteiger partial charge in [-0.25, -0.2) is 0 Å². The molecule has 1 aliphatic rings. The Hall–Kier alpha value is -2.47. The highest BCUT2D eigenvalue weighted by atomic mass is 79.9. The molecule has 2 aromatic carbocycles. The van der Waals surface area contributed by atoms with Crippen molar-refractivity contribution in [1.82, 2.24) is 20.2 Å². The summed E-state index contributed by atoms with van der Waals surface area (Å²) in [4.78, 5) is 0. The maximum absolute atomic E-state index is 4.12. The van der Waals surface area contributed by atoms with Gasteiger partial charge in [-0.2, -0.15) is 4.68 Å². The van der Waals surface area contributed by atoms with E-state index in [2.05, 4.69) is 86.2 Å². The maximum atomic E-state index is 4.12. The number of fused-ring (bicyclic) bond motifs is 1. The van der Waals surface area contributed by atoms with Crippen LogP contribution in [0.5, 0.6) is 0 Å². The first-order valence-corrected chi connectivity index (χ1v) is 8.09. The Bertz CT molecular complexity index is 865. The summed E-state index contributed by atoms with van der Waals surface area (Å²) in [5.74, 6) is 0.649. The van der Waals surface area contributed by atoms with Crippen LogP contribution in [0, 0.1) is 6.92 Å². The number of tetrazole rings is 1. The predicted molar refractivity (Wildman–Crippen MR) is 92.9 cm³/mol. The summed E-state index contributed by atoms with van der Waals surface area (Å²) < 4.78 is 2.85. The van der Waals surface area contributed by atoms with Gasteiger partial charge in [0.2, 0.25) is 5.95 Å². The Morgan fingerprint density at radius 3 is 2.52 bits per heavy atom. The summed E-state index contributed by atoms with van der Waals surface area (Å²) in [5, 5.41) is 15.3. The van der Waals surface area contributed by atoms with Crippen LogP contribution >= 0.6 is 15.9 Å². The number of allylic oxidation sites excluding steroid dienone is 1. The molecule has 1 N–H and O–H groups in total. The van der Waals surface area contributed by atoms with Crippen molar-refractivity contribution >= 4 is 27.6 Å². The molecule has 1 atom stereocenters. The van der Waals surface area contributed by atoms with Gasteiger partial charge in [-0.3, -0.25) is 0 Å². The quantitative estimate of drug-likeness (QED) is 0.748. The fourth-order valence-corrected chi connectivity index (χ4v) is 2.92. The lowest BCUT2D eigenvalue weighted by Gasteiger charge is -2.23. The number of aromatic nitrogens is 4. The Kier molecular flexibility index (Phi) is 3.46. The molecular weight excluding hydrogens is 354 g/mol. The number of benzene rings is 2. The number of hydrogen-bond acceptors (Lipinski definition) is 4. The molecule has 0 aliphatic carbocycles. The van der Waals surface area contributed by atoms with Gasteiger partial charge in [0.1, 0.15) is 6.04 Å². The number of anilines is 1. The van der Waals surface area contributed by atoms with Gasteiger partial charge in [0.15, 0.2) is 0 Å². The van der Waals surface area contributed by atoms with Crippen LogP contribution in [0.3, 0.4) is 0 Å². The van der Waals surface area contributed by atoms with Crippen molar-refractivity contribution < 1.29 is 0 Å². The monoisotopic (exact) mass is 367 g/mol. The lowest BCUT2D eigenvalue weighted by Crippen LogP contribution is -2.20. The minimum Gasteiger partial charge on any atom is -0.323 e. The molecule has 5 nitrogen and oxygen atoms in total. The van der Waals surface area contributed by atoms with E-state index in [1.54, 1.807) is 4.68 Å². The normalized spacial score (nSPS) is 16.4. The smallest absolute Gasteiger partial charge is 0.248 e. The van der Waals surface area contributed by atoms with Gasteiger partial charge in [0.25, 0.3) is 0 Å². The van der Waals surface area contributed by atoms with Crippen LogP contribution in [0.25, 0.3) is 5.70 Å². The molecule has 1 aromatic heterocycles. The summed E-state index contributed by atoms with van der Waals surface area (Å²) >= 11 is 3.47. The van der Waals surface area contributed by atoms with Crippen molar-refractivity contribution in [2.75, 3.05) is 5.32 Å².